The van der Waals surface area contributed by atoms with Gasteiger partial charge in [-0.25, -0.2) is 0 Å². The number of nitrogens with one attached hydrogen (secondary N) is 1. The maximum Gasteiger partial charge on any atom is 0.503 e. The minimum Gasteiger partial charge on any atom is -0.475 e. The van der Waals surface area contributed by atoms with E-state index in [9.17, 15) is 9.90 Å². The van der Waals surface area contributed by atoms with Gasteiger partial charge in [-0.05, 0) is 53.4 Å². The molecule has 0 radical (unpaired) electrons. The zero-order valence-corrected chi connectivity index (χ0v) is 20.6. The molecule has 6 nitrogen and oxygen atoms in total. The predicted molar refractivity (Wildman–Crippen MR) is 130 cm³/mol. The molecular weight excluding hydrogens is 428 g/mol. The number of aliphatic hydroxyl groups excluding tert-OH is 1. The van der Waals surface area contributed by atoms with Crippen molar-refractivity contribution in [1.29, 1.82) is 0 Å². The molecule has 2 aromatic carbocycles. The minimum absolute atomic E-state index is 0.0846. The van der Waals surface area contributed by atoms with Crippen molar-refractivity contribution < 1.29 is 24.0 Å². The molecule has 5 rings (SSSR count). The first-order valence-electron chi connectivity index (χ1n) is 11.9. The van der Waals surface area contributed by atoms with Crippen LogP contribution in [0.3, 0.4) is 0 Å². The Kier molecular flexibility index (Phi) is 5.22. The lowest BCUT2D eigenvalue weighted by Crippen LogP contribution is -2.36. The van der Waals surface area contributed by atoms with Crippen LogP contribution in [0.5, 0.6) is 0 Å². The van der Waals surface area contributed by atoms with Crippen LogP contribution < -0.4 is 5.32 Å². The summed E-state index contributed by atoms with van der Waals surface area (Å²) in [6.45, 7) is 12.5. The fourth-order valence-electron chi connectivity index (χ4n) is 5.41. The highest BCUT2D eigenvalue weighted by Crippen LogP contribution is 2.49. The zero-order valence-electron chi connectivity index (χ0n) is 20.6. The van der Waals surface area contributed by atoms with E-state index in [0.29, 0.717) is 13.2 Å². The molecule has 2 aliphatic heterocycles. The quantitative estimate of drug-likeness (QED) is 0.624. The molecule has 3 aliphatic rings. The topological polar surface area (TPSA) is 70.8 Å². The van der Waals surface area contributed by atoms with E-state index in [2.05, 4.69) is 52.1 Å². The number of urea groups is 1. The number of hydrogen-bond acceptors (Lipinski definition) is 4. The van der Waals surface area contributed by atoms with Gasteiger partial charge >= 0.3 is 11.9 Å². The maximum absolute atomic E-state index is 11.9. The summed E-state index contributed by atoms with van der Waals surface area (Å²) >= 11 is 0. The Morgan fingerprint density at radius 1 is 0.941 bits per heavy atom. The third-order valence-corrected chi connectivity index (χ3v) is 7.56. The van der Waals surface area contributed by atoms with Gasteiger partial charge in [-0.3, -0.25) is 0 Å². The van der Waals surface area contributed by atoms with Crippen LogP contribution in [0.4, 0.5) is 4.79 Å². The van der Waals surface area contributed by atoms with Crippen molar-refractivity contribution in [1.82, 2.24) is 5.32 Å². The summed E-state index contributed by atoms with van der Waals surface area (Å²) in [5, 5.41) is 11.9. The molecule has 0 atom stereocenters. The van der Waals surface area contributed by atoms with E-state index in [1.54, 1.807) is 6.21 Å². The van der Waals surface area contributed by atoms with Gasteiger partial charge in [0.25, 0.3) is 0 Å². The monoisotopic (exact) mass is 461 g/mol. The zero-order chi connectivity index (χ0) is 24.3. The molecule has 0 aromatic heterocycles. The number of benzene rings is 2. The molecule has 1 saturated heterocycles. The molecule has 178 valence electrons. The summed E-state index contributed by atoms with van der Waals surface area (Å²) in [5.74, 6) is -1.13. The van der Waals surface area contributed by atoms with E-state index < -0.39 is 11.8 Å². The second-order valence-corrected chi connectivity index (χ2v) is 10.9. The molecule has 2 N–H and O–H groups in total. The van der Waals surface area contributed by atoms with E-state index >= 15 is 0 Å². The Balaban J connectivity index is 1.58. The molecule has 0 bridgehead atoms. The lowest BCUT2D eigenvalue weighted by Gasteiger charge is -2.43. The molecule has 0 unspecified atom stereocenters. The van der Waals surface area contributed by atoms with Crippen LogP contribution in [0.1, 0.15) is 73.9 Å². The van der Waals surface area contributed by atoms with Crippen LogP contribution in [0.2, 0.25) is 0 Å². The van der Waals surface area contributed by atoms with Gasteiger partial charge in [-0.15, -0.1) is 0 Å². The van der Waals surface area contributed by atoms with Crippen molar-refractivity contribution in [3.05, 3.63) is 81.9 Å². The largest absolute Gasteiger partial charge is 0.503 e. The number of hydrogen-bond donors (Lipinski definition) is 2. The van der Waals surface area contributed by atoms with Crippen LogP contribution in [-0.4, -0.2) is 35.1 Å². The van der Waals surface area contributed by atoms with Gasteiger partial charge in [0.05, 0.1) is 13.2 Å². The van der Waals surface area contributed by atoms with Crippen molar-refractivity contribution in [2.75, 3.05) is 13.2 Å². The number of fused-ring (bicyclic) bond motifs is 1. The van der Waals surface area contributed by atoms with Crippen LogP contribution in [0.15, 0.2) is 48.5 Å². The second kappa shape index (κ2) is 7.79. The minimum atomic E-state index is -0.960. The fourth-order valence-corrected chi connectivity index (χ4v) is 5.41. The first kappa shape index (κ1) is 22.8. The van der Waals surface area contributed by atoms with Gasteiger partial charge in [-0.1, -0.05) is 58.0 Å². The van der Waals surface area contributed by atoms with E-state index in [1.165, 1.54) is 28.3 Å². The smallest absolute Gasteiger partial charge is 0.475 e. The standard InChI is InChI=1S/C28H32N2O4/c1-18-14-22-23(27(4,5)11-10-26(22,2)3)15-21(18)28(33-12-13-34-28)20-8-6-19(7-9-20)16-30-17-24(31)29-25(30)32/h6-9,14-17H,10-13H2,1-5H3,(H-,29,31,32)/p+1. The highest BCUT2D eigenvalue weighted by molar-refractivity contribution is 5.83. The number of ether oxygens (including phenoxy) is 2. The fraction of sp³-hybridized carbons (Fsp3) is 0.429. The number of aryl methyl sites for hydroxylation is 1. The third kappa shape index (κ3) is 3.65. The van der Waals surface area contributed by atoms with Crippen molar-refractivity contribution in [3.8, 4) is 0 Å². The molecule has 1 aliphatic carbocycles. The number of carbonyl (C=O) groups excluding carboxylic acids is 1. The van der Waals surface area contributed by atoms with E-state index in [1.807, 2.05) is 24.3 Å². The first-order valence-corrected chi connectivity index (χ1v) is 11.9. The van der Waals surface area contributed by atoms with Crippen LogP contribution in [-0.2, 0) is 26.1 Å². The van der Waals surface area contributed by atoms with Crippen LogP contribution >= 0.6 is 0 Å². The highest BCUT2D eigenvalue weighted by atomic mass is 16.7. The van der Waals surface area contributed by atoms with Gasteiger partial charge in [0, 0.05) is 16.7 Å². The van der Waals surface area contributed by atoms with Crippen molar-refractivity contribution >= 4 is 12.2 Å². The van der Waals surface area contributed by atoms with E-state index in [4.69, 9.17) is 9.47 Å². The molecule has 2 aromatic rings. The third-order valence-electron chi connectivity index (χ3n) is 7.56. The van der Waals surface area contributed by atoms with Crippen molar-refractivity contribution in [2.24, 2.45) is 0 Å². The van der Waals surface area contributed by atoms with E-state index in [-0.39, 0.29) is 16.7 Å². The van der Waals surface area contributed by atoms with Crippen LogP contribution in [0, 0.1) is 6.92 Å². The maximum atomic E-state index is 11.9. The average molecular weight is 462 g/mol. The van der Waals surface area contributed by atoms with Gasteiger partial charge in [0.15, 0.2) is 6.20 Å². The summed E-state index contributed by atoms with van der Waals surface area (Å²) in [6, 6.07) is 12.1. The normalized spacial score (nSPS) is 23.5. The molecular formula is C28H33N2O4+. The molecule has 2 heterocycles. The van der Waals surface area contributed by atoms with Crippen LogP contribution in [0.25, 0.3) is 0 Å². The van der Waals surface area contributed by atoms with E-state index in [0.717, 1.165) is 28.7 Å². The molecule has 2 amide bonds. The highest BCUT2D eigenvalue weighted by Gasteiger charge is 2.45. The number of aliphatic hydroxyl groups is 1. The molecule has 34 heavy (non-hydrogen) atoms. The Labute approximate surface area is 200 Å². The first-order chi connectivity index (χ1) is 16.0. The summed E-state index contributed by atoms with van der Waals surface area (Å²) in [4.78, 5) is 11.9. The number of rotatable bonds is 3. The van der Waals surface area contributed by atoms with Gasteiger partial charge < -0.3 is 14.6 Å². The van der Waals surface area contributed by atoms with Crippen molar-refractivity contribution in [2.45, 2.75) is 64.1 Å². The average Bonchev–Trinajstić information content (AvgIpc) is 3.39. The van der Waals surface area contributed by atoms with Gasteiger partial charge in [0.2, 0.25) is 5.79 Å². The molecule has 1 fully saturated rings. The number of amides is 2. The number of carbonyl (C=O) groups is 1. The summed E-state index contributed by atoms with van der Waals surface area (Å²) in [5.41, 5.74) is 6.98. The lowest BCUT2D eigenvalue weighted by atomic mass is 9.62. The van der Waals surface area contributed by atoms with Crippen molar-refractivity contribution in [3.63, 3.8) is 0 Å². The number of nitrogens with zero attached hydrogens (tertiary/aromatic N) is 1. The SMILES string of the molecule is Cc1cc2c(cc1C1(c3ccc(C=[N+]4C=C(O)NC4=O)cc3)OCCO1)C(C)(C)CCC2(C)C. The Hall–Kier alpha value is -2.96. The second-order valence-electron chi connectivity index (χ2n) is 10.9. The predicted octanol–water partition coefficient (Wildman–Crippen LogP) is 5.10. The van der Waals surface area contributed by atoms with Gasteiger partial charge in [0.1, 0.15) is 6.21 Å². The van der Waals surface area contributed by atoms with Gasteiger partial charge in [-0.2, -0.15) is 14.7 Å². The molecule has 6 heteroatoms. The lowest BCUT2D eigenvalue weighted by molar-refractivity contribution is -0.336. The Morgan fingerprint density at radius 3 is 2.09 bits per heavy atom. The molecule has 0 saturated carbocycles. The Morgan fingerprint density at radius 2 is 1.53 bits per heavy atom. The summed E-state index contributed by atoms with van der Waals surface area (Å²) in [6.07, 6.45) is 5.33. The summed E-state index contributed by atoms with van der Waals surface area (Å²) < 4.78 is 14.0. The Bertz CT molecular complexity index is 1220. The summed E-state index contributed by atoms with van der Waals surface area (Å²) in [7, 11) is 0. The molecule has 0 spiro atoms.